The highest BCUT2D eigenvalue weighted by Gasteiger charge is 2.30. The summed E-state index contributed by atoms with van der Waals surface area (Å²) in [4.78, 5) is 0. The second-order valence-electron chi connectivity index (χ2n) is 3.20. The standard InChI is InChI=1S/C11H11F3O/c1-8(11(12,13)14)7-10(15)9-5-3-2-4-6-9/h2-7,10,15H,1H3/b8-7+/t10-/m1/s1. The van der Waals surface area contributed by atoms with Crippen LogP contribution in [0.4, 0.5) is 13.2 Å². The largest absolute Gasteiger partial charge is 0.412 e. The van der Waals surface area contributed by atoms with Crippen molar-refractivity contribution in [3.63, 3.8) is 0 Å². The van der Waals surface area contributed by atoms with Gasteiger partial charge in [-0.3, -0.25) is 0 Å². The number of alkyl halides is 3. The number of hydrogen-bond donors (Lipinski definition) is 1. The van der Waals surface area contributed by atoms with Gasteiger partial charge in [0.25, 0.3) is 0 Å². The number of aliphatic hydroxyl groups excluding tert-OH is 1. The van der Waals surface area contributed by atoms with E-state index in [0.717, 1.165) is 13.0 Å². The second-order valence-corrected chi connectivity index (χ2v) is 3.20. The number of allylic oxidation sites excluding steroid dienone is 1. The monoisotopic (exact) mass is 216 g/mol. The smallest absolute Gasteiger partial charge is 0.384 e. The molecule has 0 radical (unpaired) electrons. The van der Waals surface area contributed by atoms with Crippen LogP contribution in [-0.2, 0) is 0 Å². The van der Waals surface area contributed by atoms with Crippen LogP contribution in [0.1, 0.15) is 18.6 Å². The third-order valence-corrected chi connectivity index (χ3v) is 2.00. The van der Waals surface area contributed by atoms with Gasteiger partial charge in [0, 0.05) is 5.57 Å². The molecule has 1 atom stereocenters. The van der Waals surface area contributed by atoms with Crippen LogP contribution in [0.3, 0.4) is 0 Å². The molecule has 1 N–H and O–H groups in total. The molecule has 0 spiro atoms. The minimum absolute atomic E-state index is 0.445. The van der Waals surface area contributed by atoms with E-state index in [1.54, 1.807) is 30.3 Å². The van der Waals surface area contributed by atoms with Gasteiger partial charge in [0.1, 0.15) is 0 Å². The zero-order valence-corrected chi connectivity index (χ0v) is 8.12. The molecule has 1 aromatic rings. The lowest BCUT2D eigenvalue weighted by Gasteiger charge is -2.10. The van der Waals surface area contributed by atoms with Crippen molar-refractivity contribution in [2.24, 2.45) is 0 Å². The first kappa shape index (κ1) is 11.8. The molecular formula is C11H11F3O. The lowest BCUT2D eigenvalue weighted by molar-refractivity contribution is -0.0922. The topological polar surface area (TPSA) is 20.2 Å². The number of hydrogen-bond acceptors (Lipinski definition) is 1. The number of rotatable bonds is 2. The molecule has 0 aliphatic rings. The molecular weight excluding hydrogens is 205 g/mol. The van der Waals surface area contributed by atoms with Crippen LogP contribution >= 0.6 is 0 Å². The van der Waals surface area contributed by atoms with E-state index >= 15 is 0 Å². The Morgan fingerprint density at radius 1 is 1.27 bits per heavy atom. The third kappa shape index (κ3) is 3.40. The zero-order valence-electron chi connectivity index (χ0n) is 8.12. The molecule has 0 saturated heterocycles. The maximum Gasteiger partial charge on any atom is 0.412 e. The van der Waals surface area contributed by atoms with Crippen LogP contribution < -0.4 is 0 Å². The van der Waals surface area contributed by atoms with Gasteiger partial charge in [-0.1, -0.05) is 30.3 Å². The Bertz CT molecular complexity index is 341. The molecule has 0 bridgehead atoms. The van der Waals surface area contributed by atoms with Crippen molar-refractivity contribution in [3.05, 3.63) is 47.5 Å². The molecule has 0 saturated carbocycles. The highest BCUT2D eigenvalue weighted by Crippen LogP contribution is 2.27. The maximum absolute atomic E-state index is 12.1. The van der Waals surface area contributed by atoms with E-state index in [1.807, 2.05) is 0 Å². The van der Waals surface area contributed by atoms with Gasteiger partial charge in [-0.2, -0.15) is 13.2 Å². The fourth-order valence-corrected chi connectivity index (χ4v) is 1.08. The van der Waals surface area contributed by atoms with Crippen molar-refractivity contribution in [3.8, 4) is 0 Å². The summed E-state index contributed by atoms with van der Waals surface area (Å²) >= 11 is 0. The molecule has 0 unspecified atom stereocenters. The van der Waals surface area contributed by atoms with Gasteiger partial charge in [-0.25, -0.2) is 0 Å². The summed E-state index contributed by atoms with van der Waals surface area (Å²) in [6.45, 7) is 0.937. The molecule has 82 valence electrons. The molecule has 4 heteroatoms. The molecule has 1 nitrogen and oxygen atoms in total. The quantitative estimate of drug-likeness (QED) is 0.752. The van der Waals surface area contributed by atoms with E-state index < -0.39 is 17.9 Å². The predicted molar refractivity (Wildman–Crippen MR) is 51.2 cm³/mol. The summed E-state index contributed by atoms with van der Waals surface area (Å²) < 4.78 is 36.4. The van der Waals surface area contributed by atoms with E-state index in [9.17, 15) is 18.3 Å². The summed E-state index contributed by atoms with van der Waals surface area (Å²) in [5.74, 6) is 0. The van der Waals surface area contributed by atoms with Crippen LogP contribution in [0.25, 0.3) is 0 Å². The molecule has 15 heavy (non-hydrogen) atoms. The molecule has 1 rings (SSSR count). The summed E-state index contributed by atoms with van der Waals surface area (Å²) in [6, 6.07) is 8.21. The van der Waals surface area contributed by atoms with Gasteiger partial charge in [0.05, 0.1) is 6.10 Å². The van der Waals surface area contributed by atoms with Crippen molar-refractivity contribution in [1.29, 1.82) is 0 Å². The highest BCUT2D eigenvalue weighted by atomic mass is 19.4. The van der Waals surface area contributed by atoms with Crippen molar-refractivity contribution >= 4 is 0 Å². The Labute approximate surface area is 85.9 Å². The summed E-state index contributed by atoms with van der Waals surface area (Å²) in [5.41, 5.74) is -0.347. The SMILES string of the molecule is C/C(=C\[C@@H](O)c1ccccc1)C(F)(F)F. The average molecular weight is 216 g/mol. The van der Waals surface area contributed by atoms with Gasteiger partial charge in [0.2, 0.25) is 0 Å². The van der Waals surface area contributed by atoms with Gasteiger partial charge in [-0.05, 0) is 18.6 Å². The van der Waals surface area contributed by atoms with E-state index in [1.165, 1.54) is 0 Å². The van der Waals surface area contributed by atoms with Crippen LogP contribution in [0.15, 0.2) is 42.0 Å². The molecule has 0 amide bonds. The Morgan fingerprint density at radius 2 is 1.80 bits per heavy atom. The van der Waals surface area contributed by atoms with Crippen molar-refractivity contribution in [2.45, 2.75) is 19.2 Å². The molecule has 0 aromatic heterocycles. The lowest BCUT2D eigenvalue weighted by atomic mass is 10.1. The van der Waals surface area contributed by atoms with E-state index in [4.69, 9.17) is 0 Å². The molecule has 0 fully saturated rings. The fraction of sp³-hybridized carbons (Fsp3) is 0.273. The molecule has 1 aromatic carbocycles. The Hall–Kier alpha value is -1.29. The molecule has 0 aliphatic heterocycles. The summed E-state index contributed by atoms with van der Waals surface area (Å²) in [5, 5.41) is 9.48. The molecule has 0 heterocycles. The van der Waals surface area contributed by atoms with Crippen molar-refractivity contribution in [2.75, 3.05) is 0 Å². The summed E-state index contributed by atoms with van der Waals surface area (Å²) in [6.07, 6.45) is -4.79. The van der Waals surface area contributed by atoms with E-state index in [2.05, 4.69) is 0 Å². The van der Waals surface area contributed by atoms with Gasteiger partial charge in [0.15, 0.2) is 0 Å². The van der Waals surface area contributed by atoms with E-state index in [0.29, 0.717) is 5.56 Å². The van der Waals surface area contributed by atoms with Crippen LogP contribution in [0.5, 0.6) is 0 Å². The van der Waals surface area contributed by atoms with E-state index in [-0.39, 0.29) is 0 Å². The number of aliphatic hydroxyl groups is 1. The minimum atomic E-state index is -4.38. The van der Waals surface area contributed by atoms with Gasteiger partial charge < -0.3 is 5.11 Å². The Balaban J connectivity index is 2.84. The van der Waals surface area contributed by atoms with Crippen molar-refractivity contribution in [1.82, 2.24) is 0 Å². The number of halogens is 3. The zero-order chi connectivity index (χ0) is 11.5. The molecule has 0 aliphatic carbocycles. The van der Waals surface area contributed by atoms with Crippen molar-refractivity contribution < 1.29 is 18.3 Å². The third-order valence-electron chi connectivity index (χ3n) is 2.00. The normalized spacial score (nSPS) is 15.1. The van der Waals surface area contributed by atoms with Crippen LogP contribution in [0, 0.1) is 0 Å². The Kier molecular flexibility index (Phi) is 3.52. The first-order chi connectivity index (χ1) is 6.91. The van der Waals surface area contributed by atoms with Gasteiger partial charge in [-0.15, -0.1) is 0 Å². The first-order valence-corrected chi connectivity index (χ1v) is 4.40. The first-order valence-electron chi connectivity index (χ1n) is 4.40. The lowest BCUT2D eigenvalue weighted by Crippen LogP contribution is -2.10. The highest BCUT2D eigenvalue weighted by molar-refractivity contribution is 5.23. The Morgan fingerprint density at radius 3 is 2.27 bits per heavy atom. The minimum Gasteiger partial charge on any atom is -0.384 e. The maximum atomic E-state index is 12.1. The van der Waals surface area contributed by atoms with Crippen LogP contribution in [0.2, 0.25) is 0 Å². The van der Waals surface area contributed by atoms with Crippen LogP contribution in [-0.4, -0.2) is 11.3 Å². The fourth-order valence-electron chi connectivity index (χ4n) is 1.08. The number of benzene rings is 1. The van der Waals surface area contributed by atoms with Gasteiger partial charge >= 0.3 is 6.18 Å². The average Bonchev–Trinajstić information content (AvgIpc) is 2.17. The summed E-state index contributed by atoms with van der Waals surface area (Å²) in [7, 11) is 0. The second kappa shape index (κ2) is 4.49. The predicted octanol–water partition coefficient (Wildman–Crippen LogP) is 3.23.